The van der Waals surface area contributed by atoms with Gasteiger partial charge in [-0.3, -0.25) is 19.5 Å². The van der Waals surface area contributed by atoms with E-state index >= 15 is 0 Å². The van der Waals surface area contributed by atoms with Gasteiger partial charge in [0.1, 0.15) is 5.69 Å². The SMILES string of the molecule is CCc1ccc(-c2cc(NC(=O)CCn3c(=S)[nH]c4ccccc4c3=O)on2)cc1. The van der Waals surface area contributed by atoms with Crippen LogP contribution < -0.4 is 10.9 Å². The third kappa shape index (κ3) is 4.08. The minimum absolute atomic E-state index is 0.0664. The van der Waals surface area contributed by atoms with Crippen molar-refractivity contribution in [2.24, 2.45) is 0 Å². The van der Waals surface area contributed by atoms with Crippen molar-refractivity contribution in [2.45, 2.75) is 26.3 Å². The zero-order valence-electron chi connectivity index (χ0n) is 16.3. The van der Waals surface area contributed by atoms with Gasteiger partial charge in [0.25, 0.3) is 5.56 Å². The smallest absolute Gasteiger partial charge is 0.262 e. The molecule has 7 nitrogen and oxygen atoms in total. The molecular formula is C22H20N4O3S. The molecule has 0 aliphatic rings. The van der Waals surface area contributed by atoms with Gasteiger partial charge in [0.05, 0.1) is 10.9 Å². The Balaban J connectivity index is 1.43. The van der Waals surface area contributed by atoms with Crippen LogP contribution >= 0.6 is 12.2 Å². The number of nitrogens with zero attached hydrogens (tertiary/aromatic N) is 2. The van der Waals surface area contributed by atoms with E-state index in [0.29, 0.717) is 16.6 Å². The summed E-state index contributed by atoms with van der Waals surface area (Å²) in [5.41, 5.74) is 3.23. The lowest BCUT2D eigenvalue weighted by molar-refractivity contribution is -0.116. The van der Waals surface area contributed by atoms with Gasteiger partial charge < -0.3 is 9.51 Å². The number of carbonyl (C=O) groups excluding carboxylic acids is 1. The molecule has 2 heterocycles. The highest BCUT2D eigenvalue weighted by Crippen LogP contribution is 2.22. The molecule has 0 fully saturated rings. The summed E-state index contributed by atoms with van der Waals surface area (Å²) in [6, 6.07) is 16.8. The standard InChI is InChI=1S/C22H20N4O3S/c1-2-14-7-9-15(10-8-14)18-13-20(29-25-18)24-19(27)11-12-26-21(28)16-5-3-4-6-17(16)23-22(26)30/h3-10,13H,2,11-12H2,1H3,(H,23,30)(H,24,27). The summed E-state index contributed by atoms with van der Waals surface area (Å²) in [7, 11) is 0. The lowest BCUT2D eigenvalue weighted by Crippen LogP contribution is -2.24. The Hall–Kier alpha value is -3.52. The van der Waals surface area contributed by atoms with Gasteiger partial charge in [-0.05, 0) is 36.3 Å². The summed E-state index contributed by atoms with van der Waals surface area (Å²) < 4.78 is 6.89. The highest BCUT2D eigenvalue weighted by atomic mass is 32.1. The third-order valence-electron chi connectivity index (χ3n) is 4.88. The van der Waals surface area contributed by atoms with Crippen LogP contribution in [0, 0.1) is 4.77 Å². The first-order valence-electron chi connectivity index (χ1n) is 9.63. The molecule has 8 heteroatoms. The van der Waals surface area contributed by atoms with E-state index in [-0.39, 0.29) is 35.1 Å². The summed E-state index contributed by atoms with van der Waals surface area (Å²) in [4.78, 5) is 28.0. The van der Waals surface area contributed by atoms with Crippen LogP contribution in [0.2, 0.25) is 0 Å². The van der Waals surface area contributed by atoms with Gasteiger partial charge in [0, 0.05) is 24.6 Å². The summed E-state index contributed by atoms with van der Waals surface area (Å²) in [5.74, 6) is -0.0425. The van der Waals surface area contributed by atoms with Gasteiger partial charge in [0.2, 0.25) is 11.8 Å². The molecule has 4 aromatic rings. The quantitative estimate of drug-likeness (QED) is 0.454. The maximum atomic E-state index is 12.6. The second-order valence-corrected chi connectivity index (χ2v) is 7.24. The second-order valence-electron chi connectivity index (χ2n) is 6.86. The number of carbonyl (C=O) groups is 1. The highest BCUT2D eigenvalue weighted by Gasteiger charge is 2.12. The minimum Gasteiger partial charge on any atom is -0.338 e. The van der Waals surface area contributed by atoms with Crippen molar-refractivity contribution in [1.29, 1.82) is 0 Å². The molecule has 1 amide bonds. The fourth-order valence-electron chi connectivity index (χ4n) is 3.20. The maximum absolute atomic E-state index is 12.6. The van der Waals surface area contributed by atoms with Gasteiger partial charge in [-0.1, -0.05) is 48.5 Å². The molecule has 0 aliphatic carbocycles. The Labute approximate surface area is 177 Å². The van der Waals surface area contributed by atoms with Crippen LogP contribution in [0.4, 0.5) is 5.88 Å². The number of anilines is 1. The number of hydrogen-bond donors (Lipinski definition) is 2. The number of hydrogen-bond acceptors (Lipinski definition) is 5. The molecule has 2 aromatic carbocycles. The average Bonchev–Trinajstić information content (AvgIpc) is 3.22. The van der Waals surface area contributed by atoms with Crippen LogP contribution in [-0.4, -0.2) is 20.6 Å². The molecule has 0 saturated heterocycles. The molecule has 152 valence electrons. The van der Waals surface area contributed by atoms with Crippen LogP contribution in [0.15, 0.2) is 63.9 Å². The van der Waals surface area contributed by atoms with Gasteiger partial charge in [-0.15, -0.1) is 0 Å². The first-order chi connectivity index (χ1) is 14.5. The maximum Gasteiger partial charge on any atom is 0.262 e. The van der Waals surface area contributed by atoms with Gasteiger partial charge in [-0.2, -0.15) is 0 Å². The van der Waals surface area contributed by atoms with Crippen molar-refractivity contribution in [3.63, 3.8) is 0 Å². The Morgan fingerprint density at radius 1 is 1.20 bits per heavy atom. The van der Waals surface area contributed by atoms with Crippen molar-refractivity contribution in [2.75, 3.05) is 5.32 Å². The minimum atomic E-state index is -0.298. The summed E-state index contributed by atoms with van der Waals surface area (Å²) >= 11 is 5.27. The van der Waals surface area contributed by atoms with E-state index in [9.17, 15) is 9.59 Å². The molecule has 0 spiro atoms. The average molecular weight is 420 g/mol. The number of aryl methyl sites for hydroxylation is 1. The Kier molecular flexibility index (Phi) is 5.58. The van der Waals surface area contributed by atoms with E-state index in [2.05, 4.69) is 22.4 Å². The van der Waals surface area contributed by atoms with E-state index in [4.69, 9.17) is 16.7 Å². The van der Waals surface area contributed by atoms with Crippen LogP contribution in [-0.2, 0) is 17.8 Å². The van der Waals surface area contributed by atoms with Gasteiger partial charge >= 0.3 is 0 Å². The third-order valence-corrected chi connectivity index (χ3v) is 5.21. The number of nitrogens with one attached hydrogen (secondary N) is 2. The van der Waals surface area contributed by atoms with E-state index in [1.807, 2.05) is 30.3 Å². The van der Waals surface area contributed by atoms with Crippen LogP contribution in [0.3, 0.4) is 0 Å². The van der Waals surface area contributed by atoms with Crippen molar-refractivity contribution < 1.29 is 9.32 Å². The Morgan fingerprint density at radius 3 is 2.73 bits per heavy atom. The lowest BCUT2D eigenvalue weighted by Gasteiger charge is -2.07. The van der Waals surface area contributed by atoms with E-state index in [1.54, 1.807) is 24.3 Å². The van der Waals surface area contributed by atoms with E-state index in [0.717, 1.165) is 12.0 Å². The number of rotatable bonds is 6. The molecule has 30 heavy (non-hydrogen) atoms. The second kappa shape index (κ2) is 8.46. The summed E-state index contributed by atoms with van der Waals surface area (Å²) in [5, 5.41) is 7.21. The predicted molar refractivity (Wildman–Crippen MR) is 118 cm³/mol. The number of para-hydroxylation sites is 1. The molecule has 4 rings (SSSR count). The van der Waals surface area contributed by atoms with E-state index < -0.39 is 0 Å². The van der Waals surface area contributed by atoms with Crippen LogP contribution in [0.5, 0.6) is 0 Å². The first kappa shape index (κ1) is 19.8. The van der Waals surface area contributed by atoms with E-state index in [1.165, 1.54) is 10.1 Å². The molecular weight excluding hydrogens is 400 g/mol. The first-order valence-corrected chi connectivity index (χ1v) is 10.0. The zero-order valence-corrected chi connectivity index (χ0v) is 17.2. The van der Waals surface area contributed by atoms with Crippen molar-refractivity contribution >= 4 is 34.9 Å². The molecule has 0 radical (unpaired) electrons. The number of amides is 1. The molecule has 0 saturated carbocycles. The predicted octanol–water partition coefficient (Wildman–Crippen LogP) is 4.31. The Bertz CT molecular complexity index is 1320. The highest BCUT2D eigenvalue weighted by molar-refractivity contribution is 7.71. The number of aromatic nitrogens is 3. The molecule has 0 atom stereocenters. The van der Waals surface area contributed by atoms with Crippen LogP contribution in [0.25, 0.3) is 22.2 Å². The normalized spacial score (nSPS) is 11.0. The molecule has 0 bridgehead atoms. The monoisotopic (exact) mass is 420 g/mol. The number of aromatic amines is 1. The largest absolute Gasteiger partial charge is 0.338 e. The molecule has 0 unspecified atom stereocenters. The molecule has 0 aliphatic heterocycles. The fraction of sp³-hybridized carbons (Fsp3) is 0.182. The topological polar surface area (TPSA) is 92.9 Å². The summed E-state index contributed by atoms with van der Waals surface area (Å²) in [6.45, 7) is 2.25. The molecule has 2 N–H and O–H groups in total. The van der Waals surface area contributed by atoms with Gasteiger partial charge in [0.15, 0.2) is 4.77 Å². The number of fused-ring (bicyclic) bond motifs is 1. The van der Waals surface area contributed by atoms with Gasteiger partial charge in [-0.25, -0.2) is 0 Å². The zero-order chi connectivity index (χ0) is 21.1. The Morgan fingerprint density at radius 2 is 1.97 bits per heavy atom. The van der Waals surface area contributed by atoms with Crippen molar-refractivity contribution in [3.05, 3.63) is 75.3 Å². The number of benzene rings is 2. The van der Waals surface area contributed by atoms with Crippen molar-refractivity contribution in [1.82, 2.24) is 14.7 Å². The molecule has 2 aromatic heterocycles. The fourth-order valence-corrected chi connectivity index (χ4v) is 3.48. The van der Waals surface area contributed by atoms with Crippen LogP contribution in [0.1, 0.15) is 18.9 Å². The lowest BCUT2D eigenvalue weighted by atomic mass is 10.1. The summed E-state index contributed by atoms with van der Waals surface area (Å²) in [6.07, 6.45) is 1.03. The van der Waals surface area contributed by atoms with Crippen molar-refractivity contribution in [3.8, 4) is 11.3 Å². The number of H-pyrrole nitrogens is 1.